The van der Waals surface area contributed by atoms with Gasteiger partial charge in [-0.15, -0.1) is 21.5 Å². The molecular weight excluding hydrogens is 550 g/mol. The number of carbonyl (C=O) groups is 1. The van der Waals surface area contributed by atoms with Gasteiger partial charge in [-0.2, -0.15) is 0 Å². The Morgan fingerprint density at radius 2 is 1.79 bits per heavy atom. The normalized spacial score (nSPS) is 12.1. The first-order valence-corrected chi connectivity index (χ1v) is 14.6. The first-order valence-electron chi connectivity index (χ1n) is 12.4. The van der Waals surface area contributed by atoms with Crippen molar-refractivity contribution in [2.45, 2.75) is 39.0 Å². The number of thiazole rings is 1. The number of amides is 1. The number of thioether (sulfide) groups is 1. The number of aromatic nitrogens is 4. The zero-order chi connectivity index (χ0) is 27.7. The van der Waals surface area contributed by atoms with Crippen molar-refractivity contribution in [2.75, 3.05) is 11.1 Å². The molecule has 2 heterocycles. The van der Waals surface area contributed by atoms with E-state index in [1.165, 1.54) is 22.0 Å². The predicted molar refractivity (Wildman–Crippen MR) is 160 cm³/mol. The van der Waals surface area contributed by atoms with Crippen molar-refractivity contribution in [3.63, 3.8) is 0 Å². The molecule has 0 spiro atoms. The molecule has 7 nitrogen and oxygen atoms in total. The summed E-state index contributed by atoms with van der Waals surface area (Å²) in [6.45, 7) is 7.90. The van der Waals surface area contributed by atoms with Crippen molar-refractivity contribution in [2.24, 2.45) is 7.05 Å². The molecule has 1 unspecified atom stereocenters. The van der Waals surface area contributed by atoms with E-state index in [0.29, 0.717) is 11.0 Å². The maximum Gasteiger partial charge on any atom is 0.234 e. The lowest BCUT2D eigenvalue weighted by molar-refractivity contribution is -0.113. The molecule has 3 aromatic carbocycles. The van der Waals surface area contributed by atoms with Gasteiger partial charge in [0.05, 0.1) is 16.0 Å². The zero-order valence-electron chi connectivity index (χ0n) is 22.3. The van der Waals surface area contributed by atoms with E-state index in [-0.39, 0.29) is 17.8 Å². The minimum atomic E-state index is -0.330. The Kier molecular flexibility index (Phi) is 7.93. The number of rotatable bonds is 8. The molecule has 1 amide bonds. The van der Waals surface area contributed by atoms with Crippen molar-refractivity contribution in [1.29, 1.82) is 0 Å². The van der Waals surface area contributed by atoms with Crippen LogP contribution in [0.5, 0.6) is 5.75 Å². The van der Waals surface area contributed by atoms with E-state index in [1.807, 2.05) is 74.9 Å². The molecule has 0 aliphatic carbocycles. The van der Waals surface area contributed by atoms with Crippen molar-refractivity contribution in [3.05, 3.63) is 82.1 Å². The molecule has 0 aliphatic rings. The summed E-state index contributed by atoms with van der Waals surface area (Å²) in [6, 6.07) is 17.8. The molecule has 10 heteroatoms. The van der Waals surface area contributed by atoms with Crippen molar-refractivity contribution in [1.82, 2.24) is 19.7 Å². The van der Waals surface area contributed by atoms with Gasteiger partial charge in [0.15, 0.2) is 17.1 Å². The number of hydrogen-bond acceptors (Lipinski definition) is 7. The highest BCUT2D eigenvalue weighted by Crippen LogP contribution is 2.32. The molecule has 5 rings (SSSR count). The Balaban J connectivity index is 1.17. The van der Waals surface area contributed by atoms with Crippen LogP contribution >= 0.6 is 34.7 Å². The lowest BCUT2D eigenvalue weighted by Gasteiger charge is -2.16. The van der Waals surface area contributed by atoms with Gasteiger partial charge in [0, 0.05) is 23.3 Å². The molecule has 0 radical (unpaired) electrons. The highest BCUT2D eigenvalue weighted by atomic mass is 35.5. The summed E-state index contributed by atoms with van der Waals surface area (Å²) in [5, 5.41) is 13.9. The summed E-state index contributed by atoms with van der Waals surface area (Å²) in [7, 11) is 1.87. The van der Waals surface area contributed by atoms with Gasteiger partial charge >= 0.3 is 0 Å². The molecule has 0 bridgehead atoms. The van der Waals surface area contributed by atoms with Gasteiger partial charge in [-0.05, 0) is 92.9 Å². The van der Waals surface area contributed by atoms with Gasteiger partial charge in [-0.1, -0.05) is 29.4 Å². The predicted octanol–water partition coefficient (Wildman–Crippen LogP) is 7.54. The van der Waals surface area contributed by atoms with Gasteiger partial charge in [0.2, 0.25) is 5.91 Å². The third-order valence-electron chi connectivity index (χ3n) is 6.25. The standard InChI is InChI=1S/C29H28ClN5O2S2/c1-16-6-11-23-24(12-16)39-28(32-23)20-7-9-21(10-8-20)31-25(36)15-38-29-34-33-27(35(29)5)19(4)37-22-13-17(2)26(30)18(3)14-22/h6-14,19H,15H2,1-5H3,(H,31,36). The fourth-order valence-corrected chi connectivity index (χ4v) is 6.11. The lowest BCUT2D eigenvalue weighted by atomic mass is 10.1. The third kappa shape index (κ3) is 6.11. The van der Waals surface area contributed by atoms with Crippen LogP contribution in [-0.4, -0.2) is 31.4 Å². The highest BCUT2D eigenvalue weighted by molar-refractivity contribution is 7.99. The Bertz CT molecular complexity index is 1640. The van der Waals surface area contributed by atoms with E-state index < -0.39 is 0 Å². The van der Waals surface area contributed by atoms with E-state index >= 15 is 0 Å². The van der Waals surface area contributed by atoms with Crippen LogP contribution in [0.15, 0.2) is 59.8 Å². The van der Waals surface area contributed by atoms with Gasteiger partial charge in [0.1, 0.15) is 10.8 Å². The highest BCUT2D eigenvalue weighted by Gasteiger charge is 2.19. The maximum absolute atomic E-state index is 12.6. The van der Waals surface area contributed by atoms with E-state index in [2.05, 4.69) is 34.6 Å². The van der Waals surface area contributed by atoms with E-state index in [9.17, 15) is 4.79 Å². The average molecular weight is 578 g/mol. The SMILES string of the molecule is Cc1ccc2nc(-c3ccc(NC(=O)CSc4nnc(C(C)Oc5cc(C)c(Cl)c(C)c5)n4C)cc3)sc2c1. The van der Waals surface area contributed by atoms with Crippen LogP contribution in [0.25, 0.3) is 20.8 Å². The minimum Gasteiger partial charge on any atom is -0.483 e. The lowest BCUT2D eigenvalue weighted by Crippen LogP contribution is -2.14. The summed E-state index contributed by atoms with van der Waals surface area (Å²) >= 11 is 9.27. The number of halogens is 1. The van der Waals surface area contributed by atoms with Crippen LogP contribution in [0.2, 0.25) is 5.02 Å². The number of hydrogen-bond donors (Lipinski definition) is 1. The molecule has 0 fully saturated rings. The number of nitrogens with zero attached hydrogens (tertiary/aromatic N) is 4. The largest absolute Gasteiger partial charge is 0.483 e. The summed E-state index contributed by atoms with van der Waals surface area (Å²) < 4.78 is 9.13. The molecule has 2 aromatic heterocycles. The number of benzene rings is 3. The fourth-order valence-electron chi connectivity index (χ4n) is 4.22. The zero-order valence-corrected chi connectivity index (χ0v) is 24.7. The van der Waals surface area contributed by atoms with Crippen LogP contribution in [0, 0.1) is 20.8 Å². The second kappa shape index (κ2) is 11.4. The van der Waals surface area contributed by atoms with Gasteiger partial charge < -0.3 is 14.6 Å². The molecule has 0 aliphatic heterocycles. The molecule has 0 saturated heterocycles. The fraction of sp³-hybridized carbons (Fsp3) is 0.241. The first kappa shape index (κ1) is 27.2. The van der Waals surface area contributed by atoms with E-state index in [1.54, 1.807) is 11.3 Å². The topological polar surface area (TPSA) is 81.9 Å². The number of fused-ring (bicyclic) bond motifs is 1. The van der Waals surface area contributed by atoms with Crippen LogP contribution in [0.4, 0.5) is 5.69 Å². The van der Waals surface area contributed by atoms with Crippen LogP contribution in [-0.2, 0) is 11.8 Å². The summed E-state index contributed by atoms with van der Waals surface area (Å²) in [4.78, 5) is 17.4. The molecular formula is C29H28ClN5O2S2. The molecule has 1 atom stereocenters. The summed E-state index contributed by atoms with van der Waals surface area (Å²) in [5.74, 6) is 1.48. The van der Waals surface area contributed by atoms with E-state index in [0.717, 1.165) is 43.7 Å². The number of aryl methyl sites for hydroxylation is 3. The minimum absolute atomic E-state index is 0.121. The summed E-state index contributed by atoms with van der Waals surface area (Å²) in [5.41, 5.74) is 5.89. The van der Waals surface area contributed by atoms with E-state index in [4.69, 9.17) is 21.3 Å². The number of nitrogens with one attached hydrogen (secondary N) is 1. The van der Waals surface area contributed by atoms with Crippen molar-refractivity contribution >= 4 is 56.5 Å². The second-order valence-electron chi connectivity index (χ2n) is 9.44. The second-order valence-corrected chi connectivity index (χ2v) is 11.8. The summed E-state index contributed by atoms with van der Waals surface area (Å²) in [6.07, 6.45) is -0.330. The Morgan fingerprint density at radius 3 is 2.51 bits per heavy atom. The average Bonchev–Trinajstić information content (AvgIpc) is 3.49. The van der Waals surface area contributed by atoms with Gasteiger partial charge in [-0.25, -0.2) is 4.98 Å². The monoisotopic (exact) mass is 577 g/mol. The molecule has 1 N–H and O–H groups in total. The smallest absolute Gasteiger partial charge is 0.234 e. The third-order valence-corrected chi connectivity index (χ3v) is 8.93. The molecule has 5 aromatic rings. The van der Waals surface area contributed by atoms with Crippen LogP contribution in [0.1, 0.15) is 35.5 Å². The van der Waals surface area contributed by atoms with Crippen molar-refractivity contribution < 1.29 is 9.53 Å². The number of anilines is 1. The Morgan fingerprint density at radius 1 is 1.08 bits per heavy atom. The van der Waals surface area contributed by atoms with Gasteiger partial charge in [0.25, 0.3) is 0 Å². The van der Waals surface area contributed by atoms with Crippen molar-refractivity contribution in [3.8, 4) is 16.3 Å². The Labute approximate surface area is 240 Å². The molecule has 39 heavy (non-hydrogen) atoms. The number of ether oxygens (including phenoxy) is 1. The Hall–Kier alpha value is -3.40. The van der Waals surface area contributed by atoms with Crippen LogP contribution in [0.3, 0.4) is 0 Å². The first-order chi connectivity index (χ1) is 18.7. The molecule has 0 saturated carbocycles. The maximum atomic E-state index is 12.6. The quantitative estimate of drug-likeness (QED) is 0.192. The number of carbonyl (C=O) groups excluding carboxylic acids is 1. The van der Waals surface area contributed by atoms with Crippen LogP contribution < -0.4 is 10.1 Å². The molecule has 200 valence electrons. The van der Waals surface area contributed by atoms with Gasteiger partial charge in [-0.3, -0.25) is 4.79 Å².